The Labute approximate surface area is 102 Å². The van der Waals surface area contributed by atoms with E-state index in [-0.39, 0.29) is 19.1 Å². The van der Waals surface area contributed by atoms with Crippen LogP contribution < -0.4 is 0 Å². The molecule has 0 aromatic carbocycles. The standard InChI is InChI=1S/C10H20N2O4S/c1-8-4-2-3-5-12(8)17(15,16)11-6-9(13)10(14)7-11/h8-10,13-14H,2-7H2,1H3. The predicted molar refractivity (Wildman–Crippen MR) is 62.5 cm³/mol. The number of hydrogen-bond donors (Lipinski definition) is 2. The van der Waals surface area contributed by atoms with Gasteiger partial charge in [-0.05, 0) is 19.8 Å². The molecule has 0 radical (unpaired) electrons. The van der Waals surface area contributed by atoms with E-state index in [0.717, 1.165) is 19.3 Å². The molecular weight excluding hydrogens is 244 g/mol. The van der Waals surface area contributed by atoms with Crippen LogP contribution in [0.5, 0.6) is 0 Å². The maximum Gasteiger partial charge on any atom is 0.282 e. The van der Waals surface area contributed by atoms with Crippen molar-refractivity contribution in [2.75, 3.05) is 19.6 Å². The molecule has 2 aliphatic heterocycles. The maximum atomic E-state index is 12.3. The topological polar surface area (TPSA) is 81.1 Å². The summed E-state index contributed by atoms with van der Waals surface area (Å²) in [5.74, 6) is 0. The third-order valence-electron chi connectivity index (χ3n) is 3.59. The second kappa shape index (κ2) is 4.81. The summed E-state index contributed by atoms with van der Waals surface area (Å²) in [6.07, 6.45) is 0.869. The van der Waals surface area contributed by atoms with E-state index < -0.39 is 22.4 Å². The highest BCUT2D eigenvalue weighted by Gasteiger charge is 2.41. The molecule has 0 aromatic heterocycles. The van der Waals surface area contributed by atoms with Crippen molar-refractivity contribution in [2.45, 2.75) is 44.4 Å². The Bertz CT molecular complexity index is 363. The molecule has 2 rings (SSSR count). The average Bonchev–Trinajstić information content (AvgIpc) is 2.60. The van der Waals surface area contributed by atoms with Crippen LogP contribution in [0.25, 0.3) is 0 Å². The largest absolute Gasteiger partial charge is 0.389 e. The van der Waals surface area contributed by atoms with Crippen molar-refractivity contribution in [2.24, 2.45) is 0 Å². The quantitative estimate of drug-likeness (QED) is 0.680. The molecule has 0 aliphatic carbocycles. The average molecular weight is 264 g/mol. The van der Waals surface area contributed by atoms with E-state index in [1.54, 1.807) is 0 Å². The molecule has 3 atom stereocenters. The summed E-state index contributed by atoms with van der Waals surface area (Å²) in [6.45, 7) is 2.42. The summed E-state index contributed by atoms with van der Waals surface area (Å²) < 4.78 is 27.3. The second-order valence-electron chi connectivity index (χ2n) is 4.91. The van der Waals surface area contributed by atoms with E-state index in [1.807, 2.05) is 6.92 Å². The van der Waals surface area contributed by atoms with Gasteiger partial charge in [-0.15, -0.1) is 0 Å². The third kappa shape index (κ3) is 2.48. The molecule has 2 fully saturated rings. The second-order valence-corrected chi connectivity index (χ2v) is 6.80. The molecule has 2 aliphatic rings. The first-order valence-corrected chi connectivity index (χ1v) is 7.45. The van der Waals surface area contributed by atoms with Gasteiger partial charge in [0.15, 0.2) is 0 Å². The van der Waals surface area contributed by atoms with Gasteiger partial charge in [0.05, 0.1) is 12.2 Å². The van der Waals surface area contributed by atoms with Crippen LogP contribution >= 0.6 is 0 Å². The zero-order valence-electron chi connectivity index (χ0n) is 9.99. The van der Waals surface area contributed by atoms with Crippen LogP contribution in [0, 0.1) is 0 Å². The smallest absolute Gasteiger partial charge is 0.282 e. The molecule has 2 N–H and O–H groups in total. The van der Waals surface area contributed by atoms with Crippen molar-refractivity contribution in [3.05, 3.63) is 0 Å². The van der Waals surface area contributed by atoms with Gasteiger partial charge in [-0.3, -0.25) is 0 Å². The first-order chi connectivity index (χ1) is 7.93. The summed E-state index contributed by atoms with van der Waals surface area (Å²) >= 11 is 0. The van der Waals surface area contributed by atoms with Crippen molar-refractivity contribution >= 4 is 10.2 Å². The molecule has 0 saturated carbocycles. The molecule has 0 aromatic rings. The van der Waals surface area contributed by atoms with E-state index in [4.69, 9.17) is 0 Å². The highest BCUT2D eigenvalue weighted by molar-refractivity contribution is 7.86. The highest BCUT2D eigenvalue weighted by atomic mass is 32.2. The lowest BCUT2D eigenvalue weighted by Crippen LogP contribution is -2.49. The van der Waals surface area contributed by atoms with Crippen molar-refractivity contribution in [3.8, 4) is 0 Å². The zero-order chi connectivity index (χ0) is 12.6. The fourth-order valence-electron chi connectivity index (χ4n) is 2.49. The number of rotatable bonds is 2. The van der Waals surface area contributed by atoms with Crippen molar-refractivity contribution in [1.82, 2.24) is 8.61 Å². The number of nitrogens with zero attached hydrogens (tertiary/aromatic N) is 2. The van der Waals surface area contributed by atoms with Gasteiger partial charge in [0.1, 0.15) is 0 Å². The Morgan fingerprint density at radius 1 is 1.12 bits per heavy atom. The summed E-state index contributed by atoms with van der Waals surface area (Å²) in [6, 6.07) is 0.00337. The van der Waals surface area contributed by atoms with Gasteiger partial charge in [-0.2, -0.15) is 17.0 Å². The Morgan fingerprint density at radius 2 is 1.71 bits per heavy atom. The minimum Gasteiger partial charge on any atom is -0.389 e. The van der Waals surface area contributed by atoms with Gasteiger partial charge >= 0.3 is 0 Å². The highest BCUT2D eigenvalue weighted by Crippen LogP contribution is 2.24. The van der Waals surface area contributed by atoms with Crippen molar-refractivity contribution in [1.29, 1.82) is 0 Å². The first-order valence-electron chi connectivity index (χ1n) is 6.06. The number of piperidine rings is 1. The number of β-amino-alcohol motifs (C(OH)–C–C–N with tert-alkyl or cyclic N) is 2. The van der Waals surface area contributed by atoms with Crippen LogP contribution in [0.15, 0.2) is 0 Å². The minimum atomic E-state index is -3.53. The first kappa shape index (κ1) is 13.2. The van der Waals surface area contributed by atoms with Crippen LogP contribution in [0.3, 0.4) is 0 Å². The van der Waals surface area contributed by atoms with Gasteiger partial charge in [-0.1, -0.05) is 6.42 Å². The molecule has 2 heterocycles. The van der Waals surface area contributed by atoms with Gasteiger partial charge in [-0.25, -0.2) is 0 Å². The van der Waals surface area contributed by atoms with Crippen LogP contribution in [0.4, 0.5) is 0 Å². The molecular formula is C10H20N2O4S. The van der Waals surface area contributed by atoms with Crippen molar-refractivity contribution in [3.63, 3.8) is 0 Å². The lowest BCUT2D eigenvalue weighted by molar-refractivity contribution is 0.0572. The van der Waals surface area contributed by atoms with Crippen molar-refractivity contribution < 1.29 is 18.6 Å². The zero-order valence-corrected chi connectivity index (χ0v) is 10.8. The molecule has 0 spiro atoms. The predicted octanol–water partition coefficient (Wildman–Crippen LogP) is -0.857. The number of aliphatic hydroxyl groups is 2. The molecule has 2 saturated heterocycles. The lowest BCUT2D eigenvalue weighted by atomic mass is 10.1. The Kier molecular flexibility index (Phi) is 3.74. The van der Waals surface area contributed by atoms with Crippen LogP contribution in [0.1, 0.15) is 26.2 Å². The van der Waals surface area contributed by atoms with Gasteiger partial charge in [0.25, 0.3) is 10.2 Å². The van der Waals surface area contributed by atoms with E-state index in [1.165, 1.54) is 8.61 Å². The molecule has 3 unspecified atom stereocenters. The molecule has 17 heavy (non-hydrogen) atoms. The Balaban J connectivity index is 2.13. The third-order valence-corrected chi connectivity index (χ3v) is 5.68. The fraction of sp³-hybridized carbons (Fsp3) is 1.00. The molecule has 7 heteroatoms. The molecule has 0 amide bonds. The van der Waals surface area contributed by atoms with Crippen LogP contribution in [0.2, 0.25) is 0 Å². The Hall–Kier alpha value is -0.210. The number of hydrogen-bond acceptors (Lipinski definition) is 4. The maximum absolute atomic E-state index is 12.3. The summed E-state index contributed by atoms with van der Waals surface area (Å²) in [4.78, 5) is 0. The lowest BCUT2D eigenvalue weighted by Gasteiger charge is -2.34. The number of aliphatic hydroxyl groups excluding tert-OH is 2. The van der Waals surface area contributed by atoms with Crippen LogP contribution in [-0.4, -0.2) is 65.1 Å². The SMILES string of the molecule is CC1CCCCN1S(=O)(=O)N1CC(O)C(O)C1. The molecule has 100 valence electrons. The van der Waals surface area contributed by atoms with Gasteiger partial charge in [0.2, 0.25) is 0 Å². The Morgan fingerprint density at radius 3 is 2.24 bits per heavy atom. The van der Waals surface area contributed by atoms with E-state index in [2.05, 4.69) is 0 Å². The molecule has 0 bridgehead atoms. The fourth-order valence-corrected chi connectivity index (χ4v) is 4.39. The molecule has 6 nitrogen and oxygen atoms in total. The normalized spacial score (nSPS) is 37.5. The van der Waals surface area contributed by atoms with E-state index in [0.29, 0.717) is 6.54 Å². The van der Waals surface area contributed by atoms with E-state index in [9.17, 15) is 18.6 Å². The van der Waals surface area contributed by atoms with Gasteiger partial charge in [0, 0.05) is 25.7 Å². The van der Waals surface area contributed by atoms with Gasteiger partial charge < -0.3 is 10.2 Å². The summed E-state index contributed by atoms with van der Waals surface area (Å²) in [7, 11) is -3.53. The summed E-state index contributed by atoms with van der Waals surface area (Å²) in [5, 5.41) is 18.8. The van der Waals surface area contributed by atoms with E-state index >= 15 is 0 Å². The van der Waals surface area contributed by atoms with Crippen LogP contribution in [-0.2, 0) is 10.2 Å². The summed E-state index contributed by atoms with van der Waals surface area (Å²) in [5.41, 5.74) is 0. The minimum absolute atomic E-state index is 0.00337. The monoisotopic (exact) mass is 264 g/mol.